The molecule has 2 rings (SSSR count). The Bertz CT molecular complexity index is 546. The largest absolute Gasteiger partial charge is 0.439 e. The number of ether oxygens (including phenoxy) is 1. The van der Waals surface area contributed by atoms with Crippen molar-refractivity contribution in [2.45, 2.75) is 13.5 Å². The summed E-state index contributed by atoms with van der Waals surface area (Å²) in [5, 5.41) is 3.74. The van der Waals surface area contributed by atoms with Gasteiger partial charge in [-0.3, -0.25) is 0 Å². The van der Waals surface area contributed by atoms with Gasteiger partial charge in [0.05, 0.1) is 10.7 Å². The summed E-state index contributed by atoms with van der Waals surface area (Å²) < 4.78 is 18.3. The lowest BCUT2D eigenvalue weighted by Crippen LogP contribution is -2.13. The Kier molecular flexibility index (Phi) is 4.71. The molecular formula is C14H14ClFN2O. The molecule has 0 aliphatic carbocycles. The van der Waals surface area contributed by atoms with E-state index in [4.69, 9.17) is 16.3 Å². The Morgan fingerprint density at radius 2 is 1.95 bits per heavy atom. The zero-order valence-electron chi connectivity index (χ0n) is 10.5. The fourth-order valence-electron chi connectivity index (χ4n) is 1.51. The van der Waals surface area contributed by atoms with Gasteiger partial charge in [0.1, 0.15) is 11.6 Å². The second-order valence-corrected chi connectivity index (χ2v) is 4.32. The second-order valence-electron chi connectivity index (χ2n) is 3.91. The van der Waals surface area contributed by atoms with Crippen LogP contribution in [0.3, 0.4) is 0 Å². The third-order valence-electron chi connectivity index (χ3n) is 2.47. The molecule has 0 saturated heterocycles. The Morgan fingerprint density at radius 3 is 2.63 bits per heavy atom. The first kappa shape index (κ1) is 13.8. The summed E-state index contributed by atoms with van der Waals surface area (Å²) in [5.74, 6) is 0.666. The summed E-state index contributed by atoms with van der Waals surface area (Å²) >= 11 is 6.05. The van der Waals surface area contributed by atoms with Crippen LogP contribution in [0.5, 0.6) is 11.6 Å². The maximum Gasteiger partial charge on any atom is 0.219 e. The van der Waals surface area contributed by atoms with E-state index in [1.165, 1.54) is 12.1 Å². The molecule has 1 aromatic heterocycles. The maximum absolute atomic E-state index is 12.8. The van der Waals surface area contributed by atoms with Crippen molar-refractivity contribution in [2.24, 2.45) is 0 Å². The van der Waals surface area contributed by atoms with E-state index in [0.717, 1.165) is 12.2 Å². The van der Waals surface area contributed by atoms with Gasteiger partial charge in [0.25, 0.3) is 0 Å². The number of benzene rings is 1. The highest BCUT2D eigenvalue weighted by Gasteiger charge is 2.05. The van der Waals surface area contributed by atoms with Crippen LogP contribution in [0.1, 0.15) is 12.6 Å². The highest BCUT2D eigenvalue weighted by Crippen LogP contribution is 2.23. The first-order valence-corrected chi connectivity index (χ1v) is 6.36. The van der Waals surface area contributed by atoms with Crippen LogP contribution in [0.25, 0.3) is 0 Å². The number of nitrogens with one attached hydrogen (secondary N) is 1. The molecule has 2 aromatic rings. The van der Waals surface area contributed by atoms with E-state index >= 15 is 0 Å². The number of nitrogens with zero attached hydrogens (tertiary/aromatic N) is 1. The van der Waals surface area contributed by atoms with Crippen molar-refractivity contribution in [1.29, 1.82) is 0 Å². The summed E-state index contributed by atoms with van der Waals surface area (Å²) in [5.41, 5.74) is 0.725. The molecule has 1 aromatic carbocycles. The first-order chi connectivity index (χ1) is 9.19. The molecule has 0 aliphatic heterocycles. The van der Waals surface area contributed by atoms with E-state index in [1.54, 1.807) is 24.3 Å². The van der Waals surface area contributed by atoms with Crippen molar-refractivity contribution < 1.29 is 9.13 Å². The number of pyridine rings is 1. The van der Waals surface area contributed by atoms with Crippen molar-refractivity contribution in [3.8, 4) is 11.6 Å². The van der Waals surface area contributed by atoms with Crippen LogP contribution in [0.15, 0.2) is 36.4 Å². The van der Waals surface area contributed by atoms with Gasteiger partial charge >= 0.3 is 0 Å². The molecule has 5 heteroatoms. The van der Waals surface area contributed by atoms with Crippen LogP contribution in [-0.4, -0.2) is 11.5 Å². The Hall–Kier alpha value is -1.65. The molecule has 0 unspecified atom stereocenters. The molecule has 0 saturated carbocycles. The zero-order chi connectivity index (χ0) is 13.7. The molecule has 0 radical (unpaired) electrons. The average Bonchev–Trinajstić information content (AvgIpc) is 2.42. The van der Waals surface area contributed by atoms with Crippen molar-refractivity contribution in [3.63, 3.8) is 0 Å². The van der Waals surface area contributed by atoms with Crippen LogP contribution < -0.4 is 10.1 Å². The monoisotopic (exact) mass is 280 g/mol. The summed E-state index contributed by atoms with van der Waals surface area (Å²) in [6.45, 7) is 3.42. The first-order valence-electron chi connectivity index (χ1n) is 5.98. The fraction of sp³-hybridized carbons (Fsp3) is 0.214. The van der Waals surface area contributed by atoms with Crippen LogP contribution >= 0.6 is 11.6 Å². The third kappa shape index (κ3) is 3.91. The van der Waals surface area contributed by atoms with E-state index < -0.39 is 0 Å². The molecule has 0 bridgehead atoms. The van der Waals surface area contributed by atoms with E-state index in [1.807, 2.05) is 6.92 Å². The molecule has 1 N–H and O–H groups in total. The minimum atomic E-state index is -0.302. The molecule has 1 heterocycles. The summed E-state index contributed by atoms with van der Waals surface area (Å²) in [6, 6.07) is 9.20. The van der Waals surface area contributed by atoms with Crippen LogP contribution in [-0.2, 0) is 6.54 Å². The Labute approximate surface area is 116 Å². The molecule has 0 fully saturated rings. The minimum absolute atomic E-state index is 0.302. The molecular weight excluding hydrogens is 267 g/mol. The minimum Gasteiger partial charge on any atom is -0.439 e. The molecule has 100 valence electrons. The van der Waals surface area contributed by atoms with Crippen LogP contribution in [0.4, 0.5) is 4.39 Å². The van der Waals surface area contributed by atoms with Gasteiger partial charge in [0, 0.05) is 12.6 Å². The lowest BCUT2D eigenvalue weighted by atomic mass is 10.3. The fourth-order valence-corrected chi connectivity index (χ4v) is 1.68. The SMILES string of the molecule is CCNCc1nc(Oc2ccc(F)cc2)ccc1Cl. The number of hydrogen-bond donors (Lipinski definition) is 1. The van der Waals surface area contributed by atoms with Crippen LogP contribution in [0, 0.1) is 5.82 Å². The van der Waals surface area contributed by atoms with E-state index in [-0.39, 0.29) is 5.82 Å². The summed E-state index contributed by atoms with van der Waals surface area (Å²) in [7, 11) is 0. The predicted molar refractivity (Wildman–Crippen MR) is 73.1 cm³/mol. The van der Waals surface area contributed by atoms with E-state index in [9.17, 15) is 4.39 Å². The number of halogens is 2. The van der Waals surface area contributed by atoms with Gasteiger partial charge < -0.3 is 10.1 Å². The molecule has 19 heavy (non-hydrogen) atoms. The lowest BCUT2D eigenvalue weighted by Gasteiger charge is -2.08. The normalized spacial score (nSPS) is 10.5. The van der Waals surface area contributed by atoms with Gasteiger partial charge in [0.15, 0.2) is 0 Å². The molecule has 3 nitrogen and oxygen atoms in total. The van der Waals surface area contributed by atoms with Crippen molar-refractivity contribution in [3.05, 3.63) is 52.9 Å². The third-order valence-corrected chi connectivity index (χ3v) is 2.82. The van der Waals surface area contributed by atoms with Gasteiger partial charge in [0.2, 0.25) is 5.88 Å². The van der Waals surface area contributed by atoms with Crippen LogP contribution in [0.2, 0.25) is 5.02 Å². The van der Waals surface area contributed by atoms with E-state index in [0.29, 0.717) is 23.2 Å². The number of aromatic nitrogens is 1. The van der Waals surface area contributed by atoms with Gasteiger partial charge in [-0.05, 0) is 36.9 Å². The smallest absolute Gasteiger partial charge is 0.219 e. The standard InChI is InChI=1S/C14H14ClFN2O/c1-2-17-9-13-12(15)7-8-14(18-13)19-11-5-3-10(16)4-6-11/h3-8,17H,2,9H2,1H3. The maximum atomic E-state index is 12.8. The Balaban J connectivity index is 2.14. The number of hydrogen-bond acceptors (Lipinski definition) is 3. The average molecular weight is 281 g/mol. The highest BCUT2D eigenvalue weighted by atomic mass is 35.5. The second kappa shape index (κ2) is 6.50. The summed E-state index contributed by atoms with van der Waals surface area (Å²) in [6.07, 6.45) is 0. The van der Waals surface area contributed by atoms with E-state index in [2.05, 4.69) is 10.3 Å². The quantitative estimate of drug-likeness (QED) is 0.905. The molecule has 0 aliphatic rings. The number of rotatable bonds is 5. The van der Waals surface area contributed by atoms with Crippen molar-refractivity contribution in [1.82, 2.24) is 10.3 Å². The summed E-state index contributed by atoms with van der Waals surface area (Å²) in [4.78, 5) is 4.32. The van der Waals surface area contributed by atoms with Crippen molar-refractivity contribution in [2.75, 3.05) is 6.54 Å². The lowest BCUT2D eigenvalue weighted by molar-refractivity contribution is 0.458. The molecule has 0 spiro atoms. The topological polar surface area (TPSA) is 34.2 Å². The molecule has 0 atom stereocenters. The predicted octanol–water partition coefficient (Wildman–Crippen LogP) is 3.78. The van der Waals surface area contributed by atoms with Gasteiger partial charge in [-0.1, -0.05) is 18.5 Å². The van der Waals surface area contributed by atoms with Gasteiger partial charge in [-0.15, -0.1) is 0 Å². The molecule has 0 amide bonds. The van der Waals surface area contributed by atoms with Crippen molar-refractivity contribution >= 4 is 11.6 Å². The Morgan fingerprint density at radius 1 is 1.21 bits per heavy atom. The van der Waals surface area contributed by atoms with Gasteiger partial charge in [-0.25, -0.2) is 9.37 Å². The highest BCUT2D eigenvalue weighted by molar-refractivity contribution is 6.31. The van der Waals surface area contributed by atoms with Gasteiger partial charge in [-0.2, -0.15) is 0 Å². The zero-order valence-corrected chi connectivity index (χ0v) is 11.2.